The van der Waals surface area contributed by atoms with Crippen molar-refractivity contribution < 1.29 is 27.4 Å². The van der Waals surface area contributed by atoms with E-state index in [9.17, 15) is 23.2 Å². The lowest BCUT2D eigenvalue weighted by atomic mass is 9.96. The summed E-state index contributed by atoms with van der Waals surface area (Å²) < 4.78 is 46.5. The fourth-order valence-corrected chi connectivity index (χ4v) is 2.99. The van der Waals surface area contributed by atoms with Crippen LogP contribution in [0, 0.1) is 11.3 Å². The lowest BCUT2D eigenvalue weighted by molar-refractivity contribution is -0.274. The van der Waals surface area contributed by atoms with E-state index in [2.05, 4.69) is 26.1 Å². The van der Waals surface area contributed by atoms with Crippen molar-refractivity contribution in [3.8, 4) is 22.9 Å². The fraction of sp³-hybridized carbons (Fsp3) is 0.273. The lowest BCUT2D eigenvalue weighted by Crippen LogP contribution is -2.32. The summed E-state index contributed by atoms with van der Waals surface area (Å²) in [7, 11) is 0. The molecule has 3 aromatic rings. The topological polar surface area (TPSA) is 97.1 Å². The maximum absolute atomic E-state index is 12.4. The highest BCUT2D eigenvalue weighted by Gasteiger charge is 2.31. The highest BCUT2D eigenvalue weighted by molar-refractivity contribution is 5.95. The molecule has 2 aromatic carbocycles. The van der Waals surface area contributed by atoms with Gasteiger partial charge < -0.3 is 14.8 Å². The first kappa shape index (κ1) is 22.8. The predicted octanol–water partition coefficient (Wildman–Crippen LogP) is 5.09. The van der Waals surface area contributed by atoms with Gasteiger partial charge in [-0.1, -0.05) is 12.1 Å². The molecule has 0 radical (unpaired) electrons. The van der Waals surface area contributed by atoms with Crippen LogP contribution < -0.4 is 10.1 Å². The van der Waals surface area contributed by atoms with E-state index in [-0.39, 0.29) is 17.9 Å². The van der Waals surface area contributed by atoms with Crippen LogP contribution in [-0.2, 0) is 11.3 Å². The highest BCUT2D eigenvalue weighted by Crippen LogP contribution is 2.32. The molecular weight excluding hydrogens is 425 g/mol. The first-order valence-corrected chi connectivity index (χ1v) is 9.46. The van der Waals surface area contributed by atoms with Gasteiger partial charge in [0.05, 0.1) is 11.1 Å². The number of nitrogens with zero attached hydrogens (tertiary/aromatic N) is 3. The third-order valence-corrected chi connectivity index (χ3v) is 4.16. The Morgan fingerprint density at radius 2 is 1.72 bits per heavy atom. The van der Waals surface area contributed by atoms with Crippen molar-refractivity contribution >= 4 is 17.1 Å². The minimum Gasteiger partial charge on any atom is -0.444 e. The molecule has 0 aliphatic heterocycles. The minimum absolute atomic E-state index is 0.0212. The average molecular weight is 444 g/mol. The standard InChI is InChI=1S/C22H19F3N4O3/c1-21(2,3)32-20(30)29-12-14-10-16(18-19(17(14)11-26)28-9-8-27-18)13-4-6-15(7-5-13)31-22(23,24)25/h4-10H,12H2,1-3H3,(H,29,30). The number of amides is 1. The fourth-order valence-electron chi connectivity index (χ4n) is 2.99. The second-order valence-electron chi connectivity index (χ2n) is 7.75. The molecular formula is C22H19F3N4O3. The van der Waals surface area contributed by atoms with Crippen LogP contribution in [0.15, 0.2) is 42.7 Å². The molecule has 0 spiro atoms. The molecule has 0 fully saturated rings. The largest absolute Gasteiger partial charge is 0.573 e. The summed E-state index contributed by atoms with van der Waals surface area (Å²) in [6.45, 7) is 5.15. The van der Waals surface area contributed by atoms with E-state index < -0.39 is 18.1 Å². The SMILES string of the molecule is CC(C)(C)OC(=O)NCc1cc(-c2ccc(OC(F)(F)F)cc2)c2nccnc2c1C#N. The molecule has 7 nitrogen and oxygen atoms in total. The summed E-state index contributed by atoms with van der Waals surface area (Å²) in [4.78, 5) is 20.6. The minimum atomic E-state index is -4.80. The number of alkyl carbamates (subject to hydrolysis) is 1. The van der Waals surface area contributed by atoms with E-state index in [0.717, 1.165) is 0 Å². The number of nitriles is 1. The van der Waals surface area contributed by atoms with Gasteiger partial charge in [-0.25, -0.2) is 4.79 Å². The number of alkyl halides is 3. The predicted molar refractivity (Wildman–Crippen MR) is 109 cm³/mol. The van der Waals surface area contributed by atoms with Crippen LogP contribution in [0.4, 0.5) is 18.0 Å². The van der Waals surface area contributed by atoms with Crippen LogP contribution in [-0.4, -0.2) is 28.0 Å². The zero-order valence-corrected chi connectivity index (χ0v) is 17.4. The van der Waals surface area contributed by atoms with Gasteiger partial charge in [-0.15, -0.1) is 13.2 Å². The Bertz CT molecular complexity index is 1180. The van der Waals surface area contributed by atoms with Crippen molar-refractivity contribution in [3.63, 3.8) is 0 Å². The van der Waals surface area contributed by atoms with Gasteiger partial charge in [-0.3, -0.25) is 9.97 Å². The Balaban J connectivity index is 2.01. The van der Waals surface area contributed by atoms with E-state index in [4.69, 9.17) is 4.74 Å². The Kier molecular flexibility index (Phi) is 6.20. The van der Waals surface area contributed by atoms with Crippen LogP contribution in [0.25, 0.3) is 22.2 Å². The van der Waals surface area contributed by atoms with E-state index in [1.165, 1.54) is 36.7 Å². The molecule has 0 aliphatic rings. The van der Waals surface area contributed by atoms with Crippen molar-refractivity contribution in [2.75, 3.05) is 0 Å². The van der Waals surface area contributed by atoms with Crippen molar-refractivity contribution in [3.05, 3.63) is 53.9 Å². The molecule has 1 aromatic heterocycles. The van der Waals surface area contributed by atoms with E-state index >= 15 is 0 Å². The van der Waals surface area contributed by atoms with E-state index in [1.54, 1.807) is 26.8 Å². The Morgan fingerprint density at radius 1 is 1.09 bits per heavy atom. The van der Waals surface area contributed by atoms with Crippen LogP contribution in [0.5, 0.6) is 5.75 Å². The third kappa shape index (κ3) is 5.63. The molecule has 1 heterocycles. The number of carbonyl (C=O) groups excluding carboxylic acids is 1. The third-order valence-electron chi connectivity index (χ3n) is 4.16. The van der Waals surface area contributed by atoms with Gasteiger partial charge in [-0.05, 0) is 50.1 Å². The molecule has 0 saturated carbocycles. The summed E-state index contributed by atoms with van der Waals surface area (Å²) in [6.07, 6.45) is -2.57. The van der Waals surface area contributed by atoms with Crippen molar-refractivity contribution in [2.24, 2.45) is 0 Å². The van der Waals surface area contributed by atoms with Crippen LogP contribution in [0.2, 0.25) is 0 Å². The second kappa shape index (κ2) is 8.70. The van der Waals surface area contributed by atoms with Crippen molar-refractivity contribution in [1.82, 2.24) is 15.3 Å². The maximum Gasteiger partial charge on any atom is 0.573 e. The van der Waals surface area contributed by atoms with Gasteiger partial charge in [0.2, 0.25) is 0 Å². The number of fused-ring (bicyclic) bond motifs is 1. The molecule has 3 rings (SSSR count). The molecule has 0 aliphatic carbocycles. The number of aromatic nitrogens is 2. The van der Waals surface area contributed by atoms with Gasteiger partial charge in [0.1, 0.15) is 22.9 Å². The van der Waals surface area contributed by atoms with Crippen LogP contribution >= 0.6 is 0 Å². The first-order valence-electron chi connectivity index (χ1n) is 9.46. The normalized spacial score (nSPS) is 11.7. The van der Waals surface area contributed by atoms with Gasteiger partial charge in [0.15, 0.2) is 0 Å². The van der Waals surface area contributed by atoms with E-state index in [1.807, 2.05) is 0 Å². The number of hydrogen-bond acceptors (Lipinski definition) is 6. The zero-order valence-electron chi connectivity index (χ0n) is 17.4. The molecule has 0 unspecified atom stereocenters. The second-order valence-corrected chi connectivity index (χ2v) is 7.75. The van der Waals surface area contributed by atoms with Crippen LogP contribution in [0.1, 0.15) is 31.9 Å². The van der Waals surface area contributed by atoms with Gasteiger partial charge in [-0.2, -0.15) is 5.26 Å². The maximum atomic E-state index is 12.4. The summed E-state index contributed by atoms with van der Waals surface area (Å²) in [5.41, 5.74) is 1.77. The lowest BCUT2D eigenvalue weighted by Gasteiger charge is -2.20. The summed E-state index contributed by atoms with van der Waals surface area (Å²) in [6, 6.07) is 8.99. The zero-order chi connectivity index (χ0) is 23.5. The number of nitrogens with one attached hydrogen (secondary N) is 1. The Morgan fingerprint density at radius 3 is 2.28 bits per heavy atom. The smallest absolute Gasteiger partial charge is 0.444 e. The van der Waals surface area contributed by atoms with Crippen molar-refractivity contribution in [2.45, 2.75) is 39.3 Å². The van der Waals surface area contributed by atoms with Gasteiger partial charge in [0, 0.05) is 24.5 Å². The number of ether oxygens (including phenoxy) is 2. The number of halogens is 3. The highest BCUT2D eigenvalue weighted by atomic mass is 19.4. The Labute approximate surface area is 181 Å². The summed E-state index contributed by atoms with van der Waals surface area (Å²) in [5, 5.41) is 12.3. The number of rotatable bonds is 4. The average Bonchev–Trinajstić information content (AvgIpc) is 2.69. The summed E-state index contributed by atoms with van der Waals surface area (Å²) >= 11 is 0. The molecule has 10 heteroatoms. The molecule has 1 amide bonds. The van der Waals surface area contributed by atoms with Crippen LogP contribution in [0.3, 0.4) is 0 Å². The van der Waals surface area contributed by atoms with Gasteiger partial charge in [0.25, 0.3) is 0 Å². The molecule has 32 heavy (non-hydrogen) atoms. The summed E-state index contributed by atoms with van der Waals surface area (Å²) in [5.74, 6) is -0.364. The van der Waals surface area contributed by atoms with E-state index in [0.29, 0.717) is 27.7 Å². The number of benzene rings is 2. The molecule has 0 bridgehead atoms. The molecule has 0 saturated heterocycles. The number of hydrogen-bond donors (Lipinski definition) is 1. The molecule has 166 valence electrons. The van der Waals surface area contributed by atoms with Gasteiger partial charge >= 0.3 is 12.5 Å². The monoisotopic (exact) mass is 444 g/mol. The Hall–Kier alpha value is -3.87. The quantitative estimate of drug-likeness (QED) is 0.602. The number of carbonyl (C=O) groups is 1. The first-order chi connectivity index (χ1) is 15.0. The van der Waals surface area contributed by atoms with Crippen molar-refractivity contribution in [1.29, 1.82) is 5.26 Å². The molecule has 0 atom stereocenters. The molecule has 1 N–H and O–H groups in total.